The maximum atomic E-state index is 13.6. The smallest absolute Gasteiger partial charge is 0.300 e. The van der Waals surface area contributed by atoms with Crippen LogP contribution in [0.25, 0.3) is 5.76 Å². The molecule has 204 valence electrons. The molecule has 6 nitrogen and oxygen atoms in total. The molecule has 1 unspecified atom stereocenters. The first-order chi connectivity index (χ1) is 18.5. The number of nitrogens with zero attached hydrogens (tertiary/aromatic N) is 1. The summed E-state index contributed by atoms with van der Waals surface area (Å²) in [6.07, 6.45) is 0. The highest BCUT2D eigenvalue weighted by Crippen LogP contribution is 2.44. The molecule has 0 radical (unpaired) electrons. The first-order valence-corrected chi connectivity index (χ1v) is 13.3. The van der Waals surface area contributed by atoms with Crippen LogP contribution < -0.4 is 14.4 Å². The summed E-state index contributed by atoms with van der Waals surface area (Å²) in [6.45, 7) is 12.6. The molecule has 1 atom stereocenters. The molecule has 1 aliphatic heterocycles. The summed E-state index contributed by atoms with van der Waals surface area (Å²) in [5.41, 5.74) is 4.46. The van der Waals surface area contributed by atoms with Gasteiger partial charge in [0.25, 0.3) is 11.7 Å². The summed E-state index contributed by atoms with van der Waals surface area (Å²) >= 11 is 0. The largest absolute Gasteiger partial charge is 0.507 e. The molecule has 3 aromatic carbocycles. The molecule has 0 aromatic heterocycles. The fraction of sp³-hybridized carbons (Fsp3) is 0.333. The van der Waals surface area contributed by atoms with Crippen molar-refractivity contribution in [3.8, 4) is 11.5 Å². The molecule has 1 fully saturated rings. The lowest BCUT2D eigenvalue weighted by molar-refractivity contribution is -0.132. The van der Waals surface area contributed by atoms with E-state index in [0.717, 1.165) is 28.0 Å². The van der Waals surface area contributed by atoms with Crippen molar-refractivity contribution in [3.05, 3.63) is 94.1 Å². The van der Waals surface area contributed by atoms with E-state index in [4.69, 9.17) is 9.47 Å². The lowest BCUT2D eigenvalue weighted by Gasteiger charge is -2.27. The Hall–Kier alpha value is -4.06. The molecule has 4 rings (SSSR count). The van der Waals surface area contributed by atoms with Crippen LogP contribution in [0.1, 0.15) is 67.5 Å². The first kappa shape index (κ1) is 28.0. The standard InChI is InChI=1S/C33H37NO5/c1-19(2)18-39-24-14-12-23(13-15-24)34-30(25-11-9-8-10-21(25)5)29(32(36)33(34)37)31(35)27-17-26(20(3)4)28(38-7)16-22(27)6/h8-17,19-20,30,35H,18H2,1-7H3/b31-29+. The molecular weight excluding hydrogens is 490 g/mol. The summed E-state index contributed by atoms with van der Waals surface area (Å²) in [4.78, 5) is 28.7. The number of Topliss-reactive ketones (excluding diaryl/α,β-unsaturated/α-hetero) is 1. The van der Waals surface area contributed by atoms with Gasteiger partial charge < -0.3 is 14.6 Å². The maximum Gasteiger partial charge on any atom is 0.300 e. The van der Waals surface area contributed by atoms with Crippen molar-refractivity contribution in [1.82, 2.24) is 0 Å². The van der Waals surface area contributed by atoms with Crippen molar-refractivity contribution in [2.45, 2.75) is 53.5 Å². The van der Waals surface area contributed by atoms with Crippen LogP contribution in [0, 0.1) is 19.8 Å². The van der Waals surface area contributed by atoms with Gasteiger partial charge in [-0.15, -0.1) is 0 Å². The third-order valence-corrected chi connectivity index (χ3v) is 7.08. The molecule has 39 heavy (non-hydrogen) atoms. The van der Waals surface area contributed by atoms with Crippen LogP contribution in [0.4, 0.5) is 5.69 Å². The number of benzene rings is 3. The van der Waals surface area contributed by atoms with E-state index in [1.165, 1.54) is 4.90 Å². The number of carbonyl (C=O) groups is 2. The fourth-order valence-corrected chi connectivity index (χ4v) is 4.98. The average Bonchev–Trinajstić information content (AvgIpc) is 3.17. The lowest BCUT2D eigenvalue weighted by Crippen LogP contribution is -2.29. The Bertz CT molecular complexity index is 1420. The zero-order valence-corrected chi connectivity index (χ0v) is 23.7. The highest BCUT2D eigenvalue weighted by atomic mass is 16.5. The summed E-state index contributed by atoms with van der Waals surface area (Å²) in [5.74, 6) is 0.307. The van der Waals surface area contributed by atoms with E-state index in [2.05, 4.69) is 13.8 Å². The number of amides is 1. The normalized spacial score (nSPS) is 16.8. The molecule has 1 saturated heterocycles. The van der Waals surface area contributed by atoms with E-state index in [-0.39, 0.29) is 17.3 Å². The van der Waals surface area contributed by atoms with Crippen LogP contribution in [0.5, 0.6) is 11.5 Å². The number of anilines is 1. The molecule has 1 aliphatic rings. The Balaban J connectivity index is 1.90. The average molecular weight is 528 g/mol. The molecule has 0 aliphatic carbocycles. The van der Waals surface area contributed by atoms with Gasteiger partial charge in [0.1, 0.15) is 17.3 Å². The van der Waals surface area contributed by atoms with Gasteiger partial charge in [-0.05, 0) is 84.3 Å². The molecule has 1 heterocycles. The lowest BCUT2D eigenvalue weighted by atomic mass is 9.89. The number of hydrogen-bond acceptors (Lipinski definition) is 5. The number of carbonyl (C=O) groups excluding carboxylic acids is 2. The van der Waals surface area contributed by atoms with Gasteiger partial charge in [0, 0.05) is 11.3 Å². The van der Waals surface area contributed by atoms with Gasteiger partial charge >= 0.3 is 0 Å². The van der Waals surface area contributed by atoms with Crippen molar-refractivity contribution < 1.29 is 24.2 Å². The summed E-state index contributed by atoms with van der Waals surface area (Å²) < 4.78 is 11.4. The third kappa shape index (κ3) is 5.42. The van der Waals surface area contributed by atoms with Gasteiger partial charge in [0.15, 0.2) is 0 Å². The number of aliphatic hydroxyl groups excluding tert-OH is 1. The van der Waals surface area contributed by atoms with Gasteiger partial charge in [-0.25, -0.2) is 0 Å². The Kier molecular flexibility index (Phi) is 8.14. The molecule has 0 saturated carbocycles. The molecular formula is C33H37NO5. The third-order valence-electron chi connectivity index (χ3n) is 7.08. The van der Waals surface area contributed by atoms with Crippen LogP contribution >= 0.6 is 0 Å². The van der Waals surface area contributed by atoms with E-state index in [1.807, 2.05) is 64.1 Å². The van der Waals surface area contributed by atoms with Crippen molar-refractivity contribution in [2.24, 2.45) is 5.92 Å². The first-order valence-electron chi connectivity index (χ1n) is 13.3. The SMILES string of the molecule is COc1cc(C)c(/C(O)=C2\C(=O)C(=O)N(c3ccc(OCC(C)C)cc3)C2c2ccccc2C)cc1C(C)C. The van der Waals surface area contributed by atoms with Crippen molar-refractivity contribution in [1.29, 1.82) is 0 Å². The number of aryl methyl sites for hydroxylation is 2. The fourth-order valence-electron chi connectivity index (χ4n) is 4.98. The van der Waals surface area contributed by atoms with Gasteiger partial charge in [0.05, 0.1) is 25.3 Å². The van der Waals surface area contributed by atoms with Crippen LogP contribution in [0.15, 0.2) is 66.2 Å². The Morgan fingerprint density at radius 1 is 0.949 bits per heavy atom. The minimum absolute atomic E-state index is 0.0670. The minimum Gasteiger partial charge on any atom is -0.507 e. The molecule has 1 amide bonds. The van der Waals surface area contributed by atoms with Crippen LogP contribution in [-0.2, 0) is 9.59 Å². The second-order valence-corrected chi connectivity index (χ2v) is 10.8. The number of ketones is 1. The van der Waals surface area contributed by atoms with Gasteiger partial charge in [-0.3, -0.25) is 14.5 Å². The van der Waals surface area contributed by atoms with Crippen molar-refractivity contribution in [2.75, 3.05) is 18.6 Å². The van der Waals surface area contributed by atoms with E-state index in [0.29, 0.717) is 29.5 Å². The maximum absolute atomic E-state index is 13.6. The Morgan fingerprint density at radius 2 is 1.62 bits per heavy atom. The monoisotopic (exact) mass is 527 g/mol. The van der Waals surface area contributed by atoms with Crippen LogP contribution in [-0.4, -0.2) is 30.5 Å². The number of rotatable bonds is 8. The van der Waals surface area contributed by atoms with E-state index < -0.39 is 17.7 Å². The minimum atomic E-state index is -0.794. The Morgan fingerprint density at radius 3 is 2.21 bits per heavy atom. The second-order valence-electron chi connectivity index (χ2n) is 10.8. The topological polar surface area (TPSA) is 76.1 Å². The van der Waals surface area contributed by atoms with Crippen molar-refractivity contribution in [3.63, 3.8) is 0 Å². The predicted octanol–water partition coefficient (Wildman–Crippen LogP) is 7.10. The number of methoxy groups -OCH3 is 1. The van der Waals surface area contributed by atoms with Gasteiger partial charge in [-0.2, -0.15) is 0 Å². The Labute approximate surface area is 230 Å². The number of hydrogen-bond donors (Lipinski definition) is 1. The van der Waals surface area contributed by atoms with E-state index in [1.54, 1.807) is 31.4 Å². The highest BCUT2D eigenvalue weighted by molar-refractivity contribution is 6.51. The van der Waals surface area contributed by atoms with Crippen LogP contribution in [0.2, 0.25) is 0 Å². The zero-order valence-electron chi connectivity index (χ0n) is 23.7. The van der Waals surface area contributed by atoms with Gasteiger partial charge in [0.2, 0.25) is 0 Å². The quantitative estimate of drug-likeness (QED) is 0.192. The number of ether oxygens (including phenoxy) is 2. The molecule has 1 N–H and O–H groups in total. The molecule has 0 bridgehead atoms. The summed E-state index contributed by atoms with van der Waals surface area (Å²) in [6, 6.07) is 17.7. The summed E-state index contributed by atoms with van der Waals surface area (Å²) in [5, 5.41) is 11.7. The van der Waals surface area contributed by atoms with E-state index in [9.17, 15) is 14.7 Å². The van der Waals surface area contributed by atoms with E-state index >= 15 is 0 Å². The zero-order chi connectivity index (χ0) is 28.4. The predicted molar refractivity (Wildman–Crippen MR) is 155 cm³/mol. The highest BCUT2D eigenvalue weighted by Gasteiger charge is 2.47. The number of aliphatic hydroxyl groups is 1. The molecule has 6 heteroatoms. The second kappa shape index (κ2) is 11.4. The molecule has 0 spiro atoms. The van der Waals surface area contributed by atoms with Crippen molar-refractivity contribution >= 4 is 23.1 Å². The summed E-state index contributed by atoms with van der Waals surface area (Å²) in [7, 11) is 1.61. The molecule has 3 aromatic rings. The van der Waals surface area contributed by atoms with Crippen LogP contribution in [0.3, 0.4) is 0 Å². The van der Waals surface area contributed by atoms with Gasteiger partial charge in [-0.1, -0.05) is 52.0 Å².